The van der Waals surface area contributed by atoms with E-state index in [0.717, 1.165) is 22.1 Å². The van der Waals surface area contributed by atoms with Gasteiger partial charge in [-0.15, -0.1) is 5.10 Å². The molecule has 1 aliphatic rings. The van der Waals surface area contributed by atoms with Crippen molar-refractivity contribution in [3.8, 4) is 0 Å². The Kier molecular flexibility index (Phi) is 5.05. The molecule has 1 aromatic carbocycles. The van der Waals surface area contributed by atoms with Crippen molar-refractivity contribution in [2.75, 3.05) is 11.1 Å². The highest BCUT2D eigenvalue weighted by atomic mass is 35.5. The van der Waals surface area contributed by atoms with Gasteiger partial charge in [-0.25, -0.2) is 0 Å². The van der Waals surface area contributed by atoms with Crippen LogP contribution >= 0.6 is 23.4 Å². The maximum atomic E-state index is 11.9. The molecule has 0 unspecified atom stereocenters. The second kappa shape index (κ2) is 7.39. The number of nitrogens with zero attached hydrogens (tertiary/aromatic N) is 3. The first kappa shape index (κ1) is 15.7. The fourth-order valence-electron chi connectivity index (χ4n) is 1.97. The summed E-state index contributed by atoms with van der Waals surface area (Å²) in [5, 5.41) is 12.5. The Bertz CT molecular complexity index is 759. The van der Waals surface area contributed by atoms with Crippen LogP contribution in [0, 0.1) is 0 Å². The van der Waals surface area contributed by atoms with Crippen molar-refractivity contribution in [2.45, 2.75) is 6.42 Å². The average Bonchev–Trinajstić information content (AvgIpc) is 3.04. The zero-order valence-electron chi connectivity index (χ0n) is 12.1. The van der Waals surface area contributed by atoms with Crippen LogP contribution in [0.4, 0.5) is 5.69 Å². The Hall–Kier alpha value is -2.18. The maximum absolute atomic E-state index is 11.9. The van der Waals surface area contributed by atoms with Gasteiger partial charge in [-0.2, -0.15) is 5.10 Å². The van der Waals surface area contributed by atoms with Crippen LogP contribution in [0.5, 0.6) is 0 Å². The van der Waals surface area contributed by atoms with Crippen LogP contribution in [-0.2, 0) is 4.79 Å². The summed E-state index contributed by atoms with van der Waals surface area (Å²) in [5.74, 6) is 0.229. The number of carbonyl (C=O) groups excluding carboxylic acids is 1. The number of nitrogens with one attached hydrogen (secondary N) is 1. The minimum Gasteiger partial charge on any atom is -0.325 e. The lowest BCUT2D eigenvalue weighted by Crippen LogP contribution is -2.15. The van der Waals surface area contributed by atoms with E-state index < -0.39 is 0 Å². The van der Waals surface area contributed by atoms with Gasteiger partial charge in [-0.3, -0.25) is 9.78 Å². The van der Waals surface area contributed by atoms with Crippen LogP contribution in [0.1, 0.15) is 12.1 Å². The van der Waals surface area contributed by atoms with E-state index in [1.165, 1.54) is 11.8 Å². The number of pyridine rings is 1. The molecule has 1 amide bonds. The molecular formula is C16H13ClN4OS. The summed E-state index contributed by atoms with van der Waals surface area (Å²) in [6, 6.07) is 12.9. The molecule has 0 bridgehead atoms. The van der Waals surface area contributed by atoms with E-state index in [2.05, 4.69) is 20.5 Å². The van der Waals surface area contributed by atoms with Crippen LogP contribution in [0.2, 0.25) is 5.02 Å². The number of anilines is 1. The normalized spacial score (nSPS) is 13.4. The number of para-hydroxylation sites is 1. The Morgan fingerprint density at radius 3 is 2.74 bits per heavy atom. The molecule has 0 atom stereocenters. The van der Waals surface area contributed by atoms with Gasteiger partial charge in [0.25, 0.3) is 0 Å². The lowest BCUT2D eigenvalue weighted by molar-refractivity contribution is -0.113. The summed E-state index contributed by atoms with van der Waals surface area (Å²) < 4.78 is 0. The van der Waals surface area contributed by atoms with E-state index in [-0.39, 0.29) is 5.91 Å². The Labute approximate surface area is 142 Å². The number of halogens is 1. The Morgan fingerprint density at radius 1 is 1.17 bits per heavy atom. The van der Waals surface area contributed by atoms with Gasteiger partial charge in [-0.05, 0) is 24.3 Å². The summed E-state index contributed by atoms with van der Waals surface area (Å²) in [6.45, 7) is 0. The van der Waals surface area contributed by atoms with Gasteiger partial charge >= 0.3 is 0 Å². The third-order valence-corrected chi connectivity index (χ3v) is 4.24. The molecule has 3 rings (SSSR count). The quantitative estimate of drug-likeness (QED) is 0.921. The summed E-state index contributed by atoms with van der Waals surface area (Å²) in [5.41, 5.74) is 2.32. The molecule has 2 heterocycles. The fourth-order valence-corrected chi connectivity index (χ4v) is 2.78. The number of aromatic nitrogens is 1. The highest BCUT2D eigenvalue weighted by molar-refractivity contribution is 8.14. The molecule has 1 aromatic heterocycles. The smallest absolute Gasteiger partial charge is 0.234 e. The van der Waals surface area contributed by atoms with Gasteiger partial charge in [-0.1, -0.05) is 41.6 Å². The third kappa shape index (κ3) is 4.40. The van der Waals surface area contributed by atoms with Crippen LogP contribution in [0.15, 0.2) is 58.9 Å². The number of rotatable bonds is 4. The minimum absolute atomic E-state index is 0.0676. The first-order chi connectivity index (χ1) is 11.2. The van der Waals surface area contributed by atoms with Crippen molar-refractivity contribution in [3.05, 3.63) is 59.4 Å². The number of amides is 1. The molecule has 0 spiro atoms. The third-order valence-electron chi connectivity index (χ3n) is 3.05. The van der Waals surface area contributed by atoms with Gasteiger partial charge in [0.15, 0.2) is 0 Å². The van der Waals surface area contributed by atoms with Gasteiger partial charge < -0.3 is 5.32 Å². The lowest BCUT2D eigenvalue weighted by atomic mass is 10.2. The largest absolute Gasteiger partial charge is 0.325 e. The molecule has 0 radical (unpaired) electrons. The molecule has 5 nitrogen and oxygen atoms in total. The number of benzene rings is 1. The van der Waals surface area contributed by atoms with Crippen LogP contribution < -0.4 is 5.32 Å². The number of thioether (sulfide) groups is 1. The predicted molar refractivity (Wildman–Crippen MR) is 95.4 cm³/mol. The molecule has 1 N–H and O–H groups in total. The van der Waals surface area contributed by atoms with E-state index in [9.17, 15) is 4.79 Å². The predicted octanol–water partition coefficient (Wildman–Crippen LogP) is 3.61. The van der Waals surface area contributed by atoms with Crippen molar-refractivity contribution in [1.29, 1.82) is 0 Å². The monoisotopic (exact) mass is 344 g/mol. The first-order valence-corrected chi connectivity index (χ1v) is 8.30. The van der Waals surface area contributed by atoms with Crippen LogP contribution in [-0.4, -0.2) is 27.4 Å². The van der Waals surface area contributed by atoms with Gasteiger partial charge in [0.2, 0.25) is 5.91 Å². The van der Waals surface area contributed by atoms with Gasteiger partial charge in [0, 0.05) is 18.3 Å². The molecule has 7 heteroatoms. The molecule has 1 aliphatic heterocycles. The van der Waals surface area contributed by atoms with Gasteiger partial charge in [0.1, 0.15) is 5.04 Å². The molecule has 23 heavy (non-hydrogen) atoms. The van der Waals surface area contributed by atoms with Crippen molar-refractivity contribution in [2.24, 2.45) is 10.2 Å². The summed E-state index contributed by atoms with van der Waals surface area (Å²) in [6.07, 6.45) is 2.16. The lowest BCUT2D eigenvalue weighted by Gasteiger charge is -2.04. The molecule has 0 saturated carbocycles. The number of hydrogen-bond donors (Lipinski definition) is 1. The highest BCUT2D eigenvalue weighted by Gasteiger charge is 2.17. The summed E-state index contributed by atoms with van der Waals surface area (Å²) in [4.78, 5) is 16.1. The number of carbonyl (C=O) groups is 1. The van der Waals surface area contributed by atoms with Gasteiger partial charge in [0.05, 0.1) is 22.2 Å². The average molecular weight is 345 g/mol. The molecule has 0 fully saturated rings. The van der Waals surface area contributed by atoms with E-state index >= 15 is 0 Å². The molecular weight excluding hydrogens is 332 g/mol. The Morgan fingerprint density at radius 2 is 2.00 bits per heavy atom. The first-order valence-electron chi connectivity index (χ1n) is 6.94. The SMILES string of the molecule is O=C(CSC1=NN=C(c2ccc(Cl)cn2)C1)Nc1ccccc1. The van der Waals surface area contributed by atoms with Crippen LogP contribution in [0.25, 0.3) is 0 Å². The maximum Gasteiger partial charge on any atom is 0.234 e. The summed E-state index contributed by atoms with van der Waals surface area (Å²) in [7, 11) is 0. The van der Waals surface area contributed by atoms with E-state index in [0.29, 0.717) is 17.2 Å². The second-order valence-electron chi connectivity index (χ2n) is 4.78. The van der Waals surface area contributed by atoms with Crippen molar-refractivity contribution in [3.63, 3.8) is 0 Å². The second-order valence-corrected chi connectivity index (χ2v) is 6.27. The van der Waals surface area contributed by atoms with Crippen LogP contribution in [0.3, 0.4) is 0 Å². The standard InChI is InChI=1S/C16H13ClN4OS/c17-11-6-7-13(18-9-11)14-8-16(21-20-14)23-10-15(22)19-12-4-2-1-3-5-12/h1-7,9H,8,10H2,(H,19,22). The van der Waals surface area contributed by atoms with E-state index in [4.69, 9.17) is 11.6 Å². The zero-order chi connectivity index (χ0) is 16.1. The fraction of sp³-hybridized carbons (Fsp3) is 0.125. The van der Waals surface area contributed by atoms with Crippen molar-refractivity contribution >= 4 is 45.7 Å². The number of hydrogen-bond acceptors (Lipinski definition) is 5. The minimum atomic E-state index is -0.0676. The molecule has 2 aromatic rings. The van der Waals surface area contributed by atoms with E-state index in [1.54, 1.807) is 12.3 Å². The molecule has 0 saturated heterocycles. The highest BCUT2D eigenvalue weighted by Crippen LogP contribution is 2.19. The topological polar surface area (TPSA) is 66.7 Å². The zero-order valence-corrected chi connectivity index (χ0v) is 13.6. The van der Waals surface area contributed by atoms with Crippen molar-refractivity contribution < 1.29 is 4.79 Å². The van der Waals surface area contributed by atoms with Crippen molar-refractivity contribution in [1.82, 2.24) is 4.98 Å². The summed E-state index contributed by atoms with van der Waals surface area (Å²) >= 11 is 7.20. The molecule has 0 aliphatic carbocycles. The Balaban J connectivity index is 1.47. The van der Waals surface area contributed by atoms with E-state index in [1.807, 2.05) is 36.4 Å². The molecule has 116 valence electrons.